The summed E-state index contributed by atoms with van der Waals surface area (Å²) in [6.45, 7) is 4.15. The van der Waals surface area contributed by atoms with Gasteiger partial charge in [-0.2, -0.15) is 0 Å². The molecule has 2 fully saturated rings. The van der Waals surface area contributed by atoms with Gasteiger partial charge < -0.3 is 30.2 Å². The zero-order valence-corrected chi connectivity index (χ0v) is 23.8. The molecule has 1 unspecified atom stereocenters. The van der Waals surface area contributed by atoms with Crippen LogP contribution in [0.15, 0.2) is 31.0 Å². The first-order valence-corrected chi connectivity index (χ1v) is 13.6. The summed E-state index contributed by atoms with van der Waals surface area (Å²) in [6, 6.07) is 2.17. The second kappa shape index (κ2) is 11.8. The van der Waals surface area contributed by atoms with Crippen LogP contribution in [0, 0.1) is 0 Å². The second-order valence-electron chi connectivity index (χ2n) is 9.81. The minimum atomic E-state index is -2.77. The van der Waals surface area contributed by atoms with Gasteiger partial charge in [-0.3, -0.25) is 4.79 Å². The standard InChI is InChI=1S/C27H28Cl2F2N6O4/c1-4-21(38)35-17-12-41-11-16(17)34-20-7-14-15(10-32-20)36-26(37-25(14)33-13-5-6-27(30,31)9-13)22-23(28)18(39-2)8-19(40-3)24(22)29/h4,7-8,10,13,16-17H,1,5-6,9,11-12H2,2-3H3,(H,32,34)(H,35,38)(H,33,36,37)/t13?,16-,17+/m1/s1. The molecule has 3 aromatic rings. The van der Waals surface area contributed by atoms with Crippen LogP contribution in [-0.2, 0) is 9.53 Å². The molecule has 218 valence electrons. The summed E-state index contributed by atoms with van der Waals surface area (Å²) in [5.74, 6) is -1.58. The Hall–Kier alpha value is -3.48. The highest BCUT2D eigenvalue weighted by Crippen LogP contribution is 2.46. The van der Waals surface area contributed by atoms with Crippen LogP contribution >= 0.6 is 23.2 Å². The van der Waals surface area contributed by atoms with E-state index in [0.717, 1.165) is 0 Å². The van der Waals surface area contributed by atoms with E-state index in [9.17, 15) is 13.6 Å². The average Bonchev–Trinajstić information content (AvgIpc) is 3.53. The zero-order chi connectivity index (χ0) is 29.3. The smallest absolute Gasteiger partial charge is 0.250 e. The van der Waals surface area contributed by atoms with Crippen molar-refractivity contribution in [2.24, 2.45) is 0 Å². The highest BCUT2D eigenvalue weighted by Gasteiger charge is 2.40. The van der Waals surface area contributed by atoms with Crippen LogP contribution in [0.3, 0.4) is 0 Å². The lowest BCUT2D eigenvalue weighted by Gasteiger charge is -2.21. The fourth-order valence-corrected chi connectivity index (χ4v) is 5.62. The molecule has 2 aliphatic rings. The number of hydrogen-bond acceptors (Lipinski definition) is 9. The van der Waals surface area contributed by atoms with Gasteiger partial charge in [0.25, 0.3) is 0 Å². The monoisotopic (exact) mass is 608 g/mol. The van der Waals surface area contributed by atoms with E-state index >= 15 is 0 Å². The van der Waals surface area contributed by atoms with Crippen molar-refractivity contribution in [1.29, 1.82) is 0 Å². The summed E-state index contributed by atoms with van der Waals surface area (Å²) < 4.78 is 44.4. The summed E-state index contributed by atoms with van der Waals surface area (Å²) in [7, 11) is 2.90. The van der Waals surface area contributed by atoms with Crippen molar-refractivity contribution in [3.8, 4) is 22.9 Å². The molecule has 0 spiro atoms. The van der Waals surface area contributed by atoms with Crippen LogP contribution in [0.4, 0.5) is 20.4 Å². The fourth-order valence-electron chi connectivity index (χ4n) is 4.95. The molecule has 1 saturated carbocycles. The van der Waals surface area contributed by atoms with E-state index < -0.39 is 12.0 Å². The molecule has 2 aromatic heterocycles. The van der Waals surface area contributed by atoms with Crippen molar-refractivity contribution in [1.82, 2.24) is 20.3 Å². The van der Waals surface area contributed by atoms with Crippen LogP contribution < -0.4 is 25.4 Å². The Labute approximate surface area is 244 Å². The van der Waals surface area contributed by atoms with E-state index in [2.05, 4.69) is 32.5 Å². The molecule has 1 aliphatic carbocycles. The predicted octanol–water partition coefficient (Wildman–Crippen LogP) is 5.10. The molecule has 1 aliphatic heterocycles. The number of benzene rings is 1. The first-order valence-electron chi connectivity index (χ1n) is 12.8. The number of halogens is 4. The number of nitrogens with zero attached hydrogens (tertiary/aromatic N) is 3. The van der Waals surface area contributed by atoms with Crippen LogP contribution in [0.5, 0.6) is 11.5 Å². The van der Waals surface area contributed by atoms with Gasteiger partial charge in [0, 0.05) is 30.3 Å². The first-order chi connectivity index (χ1) is 19.6. The Balaban J connectivity index is 1.57. The number of ether oxygens (including phenoxy) is 3. The average molecular weight is 609 g/mol. The molecule has 5 rings (SSSR count). The van der Waals surface area contributed by atoms with Gasteiger partial charge in [0.05, 0.1) is 66.8 Å². The summed E-state index contributed by atoms with van der Waals surface area (Å²) >= 11 is 13.3. The quantitative estimate of drug-likeness (QED) is 0.285. The minimum Gasteiger partial charge on any atom is -0.495 e. The number of methoxy groups -OCH3 is 2. The number of carbonyl (C=O) groups is 1. The van der Waals surface area contributed by atoms with Crippen molar-refractivity contribution in [2.45, 2.75) is 43.3 Å². The van der Waals surface area contributed by atoms with E-state index in [1.54, 1.807) is 12.1 Å². The summed E-state index contributed by atoms with van der Waals surface area (Å²) in [6.07, 6.45) is 2.44. The Morgan fingerprint density at radius 2 is 1.83 bits per heavy atom. The topological polar surface area (TPSA) is 120 Å². The van der Waals surface area contributed by atoms with E-state index in [1.165, 1.54) is 26.5 Å². The predicted molar refractivity (Wildman–Crippen MR) is 152 cm³/mol. The maximum absolute atomic E-state index is 14.1. The molecule has 0 radical (unpaired) electrons. The largest absolute Gasteiger partial charge is 0.495 e. The Kier molecular flexibility index (Phi) is 8.35. The first kappa shape index (κ1) is 29.0. The van der Waals surface area contributed by atoms with Crippen molar-refractivity contribution < 1.29 is 27.8 Å². The molecule has 14 heteroatoms. The fraction of sp³-hybridized carbons (Fsp3) is 0.407. The molecule has 1 aromatic carbocycles. The molecule has 1 saturated heterocycles. The zero-order valence-electron chi connectivity index (χ0n) is 22.3. The number of amides is 1. The van der Waals surface area contributed by atoms with E-state index in [-0.39, 0.29) is 58.7 Å². The number of hydrogen-bond donors (Lipinski definition) is 3. The van der Waals surface area contributed by atoms with Crippen LogP contribution in [0.1, 0.15) is 19.3 Å². The third-order valence-electron chi connectivity index (χ3n) is 7.05. The lowest BCUT2D eigenvalue weighted by molar-refractivity contribution is -0.117. The van der Waals surface area contributed by atoms with E-state index in [0.29, 0.717) is 47.3 Å². The van der Waals surface area contributed by atoms with Crippen molar-refractivity contribution in [3.05, 3.63) is 41.0 Å². The van der Waals surface area contributed by atoms with Crippen molar-refractivity contribution in [3.63, 3.8) is 0 Å². The Morgan fingerprint density at radius 1 is 1.12 bits per heavy atom. The maximum Gasteiger partial charge on any atom is 0.250 e. The third kappa shape index (κ3) is 6.09. The summed E-state index contributed by atoms with van der Waals surface area (Å²) in [4.78, 5) is 25.7. The summed E-state index contributed by atoms with van der Waals surface area (Å²) in [5, 5.41) is 10.2. The lowest BCUT2D eigenvalue weighted by Crippen LogP contribution is -2.45. The molecule has 41 heavy (non-hydrogen) atoms. The Morgan fingerprint density at radius 3 is 2.46 bits per heavy atom. The van der Waals surface area contributed by atoms with Crippen LogP contribution in [-0.4, -0.2) is 72.3 Å². The van der Waals surface area contributed by atoms with Gasteiger partial charge in [-0.05, 0) is 18.6 Å². The lowest BCUT2D eigenvalue weighted by atomic mass is 10.1. The van der Waals surface area contributed by atoms with Gasteiger partial charge in [0.1, 0.15) is 23.1 Å². The van der Waals surface area contributed by atoms with Gasteiger partial charge in [0.15, 0.2) is 5.82 Å². The number of rotatable bonds is 9. The second-order valence-corrected chi connectivity index (χ2v) is 10.6. The minimum absolute atomic E-state index is 0.135. The third-order valence-corrected chi connectivity index (χ3v) is 7.80. The number of carbonyl (C=O) groups excluding carboxylic acids is 1. The molecule has 3 N–H and O–H groups in total. The van der Waals surface area contributed by atoms with Gasteiger partial charge in [-0.25, -0.2) is 23.7 Å². The highest BCUT2D eigenvalue weighted by molar-refractivity contribution is 6.41. The van der Waals surface area contributed by atoms with Gasteiger partial charge in [-0.1, -0.05) is 29.8 Å². The molecule has 0 bridgehead atoms. The molecule has 1 amide bonds. The SMILES string of the molecule is C=CC(=O)N[C@H]1COC[C@H]1Nc1cc2c(NC3CCC(F)(F)C3)nc(-c3c(Cl)c(OC)cc(OC)c3Cl)nc2cn1. The number of nitrogens with one attached hydrogen (secondary N) is 3. The number of anilines is 2. The molecular weight excluding hydrogens is 581 g/mol. The van der Waals surface area contributed by atoms with E-state index in [1.807, 2.05) is 0 Å². The number of aromatic nitrogens is 3. The maximum atomic E-state index is 14.1. The van der Waals surface area contributed by atoms with Crippen LogP contribution in [0.25, 0.3) is 22.3 Å². The normalized spacial score (nSPS) is 21.5. The van der Waals surface area contributed by atoms with E-state index in [4.69, 9.17) is 42.4 Å². The number of alkyl halides is 2. The Bertz CT molecular complexity index is 1470. The molecule has 10 nitrogen and oxygen atoms in total. The number of pyridine rings is 1. The molecular formula is C27H28Cl2F2N6O4. The highest BCUT2D eigenvalue weighted by atomic mass is 35.5. The molecule has 3 atom stereocenters. The van der Waals surface area contributed by atoms with Crippen molar-refractivity contribution in [2.75, 3.05) is 38.1 Å². The number of fused-ring (bicyclic) bond motifs is 1. The van der Waals surface area contributed by atoms with Gasteiger partial charge in [0.2, 0.25) is 11.8 Å². The van der Waals surface area contributed by atoms with Crippen LogP contribution in [0.2, 0.25) is 10.0 Å². The van der Waals surface area contributed by atoms with Gasteiger partial charge in [-0.15, -0.1) is 0 Å². The molecule has 3 heterocycles. The van der Waals surface area contributed by atoms with Gasteiger partial charge >= 0.3 is 0 Å². The summed E-state index contributed by atoms with van der Waals surface area (Å²) in [5.41, 5.74) is 0.679. The van der Waals surface area contributed by atoms with Crippen molar-refractivity contribution >= 4 is 51.6 Å².